The van der Waals surface area contributed by atoms with E-state index in [2.05, 4.69) is 0 Å². The zero-order valence-electron chi connectivity index (χ0n) is 10.8. The highest BCUT2D eigenvalue weighted by Gasteiger charge is 2.69. The molecule has 1 heterocycles. The van der Waals surface area contributed by atoms with Crippen LogP contribution in [0.3, 0.4) is 0 Å². The van der Waals surface area contributed by atoms with Gasteiger partial charge in [0.15, 0.2) is 0 Å². The number of hydrogen-bond acceptors (Lipinski definition) is 2. The topological polar surface area (TPSA) is 60.8 Å². The Morgan fingerprint density at radius 1 is 1.35 bits per heavy atom. The number of fused-ring (bicyclic) bond motifs is 1. The van der Waals surface area contributed by atoms with Gasteiger partial charge in [0.05, 0.1) is 16.7 Å². The molecule has 1 saturated carbocycles. The van der Waals surface area contributed by atoms with Gasteiger partial charge in [-0.25, -0.2) is 4.79 Å². The molecule has 4 nitrogen and oxygen atoms in total. The smallest absolute Gasteiger partial charge is 0.407 e. The first-order valence-corrected chi connectivity index (χ1v) is 7.24. The summed E-state index contributed by atoms with van der Waals surface area (Å²) in [5.74, 6) is 0. The van der Waals surface area contributed by atoms with Gasteiger partial charge in [0.25, 0.3) is 0 Å². The second kappa shape index (κ2) is 4.52. The number of aliphatic hydroxyl groups is 1. The summed E-state index contributed by atoms with van der Waals surface area (Å²) >= 11 is 12.0. The van der Waals surface area contributed by atoms with E-state index in [4.69, 9.17) is 28.3 Å². The molecule has 0 spiro atoms. The number of piperidine rings is 1. The van der Waals surface area contributed by atoms with Crippen LogP contribution in [0.2, 0.25) is 10.0 Å². The first-order chi connectivity index (χ1) is 9.44. The first-order valence-electron chi connectivity index (χ1n) is 6.48. The number of nitrogens with zero attached hydrogens (tertiary/aromatic N) is 1. The van der Waals surface area contributed by atoms with E-state index in [1.807, 2.05) is 12.1 Å². The number of halogens is 2. The molecule has 1 aromatic rings. The van der Waals surface area contributed by atoms with E-state index in [9.17, 15) is 9.90 Å². The van der Waals surface area contributed by atoms with Crippen LogP contribution < -0.4 is 0 Å². The van der Waals surface area contributed by atoms with E-state index in [0.29, 0.717) is 29.6 Å². The monoisotopic (exact) mass is 315 g/mol. The van der Waals surface area contributed by atoms with Crippen molar-refractivity contribution in [2.45, 2.75) is 18.3 Å². The Labute approximate surface area is 126 Å². The maximum Gasteiger partial charge on any atom is 0.407 e. The predicted molar refractivity (Wildman–Crippen MR) is 76.5 cm³/mol. The summed E-state index contributed by atoms with van der Waals surface area (Å²) < 4.78 is 0. The molecule has 1 saturated heterocycles. The lowest BCUT2D eigenvalue weighted by molar-refractivity contribution is 0.0840. The number of hydrogen-bond donors (Lipinski definition) is 2. The minimum absolute atomic E-state index is 0.0168. The predicted octanol–water partition coefficient (Wildman–Crippen LogP) is 3.00. The van der Waals surface area contributed by atoms with E-state index in [-0.39, 0.29) is 17.4 Å². The second-order valence-electron chi connectivity index (χ2n) is 5.78. The van der Waals surface area contributed by atoms with Crippen LogP contribution in [0.15, 0.2) is 18.2 Å². The van der Waals surface area contributed by atoms with Crippen LogP contribution in [-0.2, 0) is 5.41 Å². The minimum Gasteiger partial charge on any atom is -0.465 e. The van der Waals surface area contributed by atoms with Crippen molar-refractivity contribution in [3.63, 3.8) is 0 Å². The fourth-order valence-electron chi connectivity index (χ4n) is 3.63. The van der Waals surface area contributed by atoms with Crippen LogP contribution in [0.25, 0.3) is 0 Å². The summed E-state index contributed by atoms with van der Waals surface area (Å²) in [6.45, 7) is 0.841. The van der Waals surface area contributed by atoms with Crippen LogP contribution in [-0.4, -0.2) is 40.9 Å². The molecule has 1 amide bonds. The standard InChI is InChI=1S/C14H15Cl2NO3/c15-10-2-1-9(5-11(10)16)14-3-4-17(12(19)20)7-13(14,6-14)8-18/h1-2,5,18H,3-4,6-8H2,(H,19,20). The quantitative estimate of drug-likeness (QED) is 0.882. The molecule has 2 N–H and O–H groups in total. The third kappa shape index (κ3) is 1.82. The van der Waals surface area contributed by atoms with Gasteiger partial charge in [-0.2, -0.15) is 0 Å². The highest BCUT2D eigenvalue weighted by Crippen LogP contribution is 2.68. The average molecular weight is 316 g/mol. The lowest BCUT2D eigenvalue weighted by Crippen LogP contribution is -2.45. The van der Waals surface area contributed by atoms with E-state index >= 15 is 0 Å². The number of likely N-dealkylation sites (tertiary alicyclic amines) is 1. The molecule has 2 aliphatic rings. The molecule has 2 atom stereocenters. The van der Waals surface area contributed by atoms with Crippen molar-refractivity contribution in [3.8, 4) is 0 Å². The highest BCUT2D eigenvalue weighted by atomic mass is 35.5. The second-order valence-corrected chi connectivity index (χ2v) is 6.59. The maximum absolute atomic E-state index is 11.1. The summed E-state index contributed by atoms with van der Waals surface area (Å²) in [6.07, 6.45) is 0.572. The number of amides is 1. The molecule has 20 heavy (non-hydrogen) atoms. The molecule has 0 aromatic heterocycles. The molecule has 3 rings (SSSR count). The zero-order chi connectivity index (χ0) is 14.5. The molecule has 108 valence electrons. The molecule has 0 bridgehead atoms. The van der Waals surface area contributed by atoms with Crippen LogP contribution in [0, 0.1) is 5.41 Å². The van der Waals surface area contributed by atoms with Gasteiger partial charge in [0, 0.05) is 23.9 Å². The van der Waals surface area contributed by atoms with Crippen LogP contribution in [0.5, 0.6) is 0 Å². The Morgan fingerprint density at radius 3 is 2.70 bits per heavy atom. The molecule has 1 aliphatic heterocycles. The number of carbonyl (C=O) groups is 1. The summed E-state index contributed by atoms with van der Waals surface area (Å²) in [4.78, 5) is 12.5. The number of aliphatic hydroxyl groups excluding tert-OH is 1. The fourth-order valence-corrected chi connectivity index (χ4v) is 3.93. The van der Waals surface area contributed by atoms with Crippen molar-refractivity contribution in [1.82, 2.24) is 4.90 Å². The molecule has 0 radical (unpaired) electrons. The molecule has 1 aliphatic carbocycles. The van der Waals surface area contributed by atoms with E-state index in [0.717, 1.165) is 12.0 Å². The third-order valence-corrected chi connectivity index (χ3v) is 5.62. The Kier molecular flexibility index (Phi) is 3.16. The van der Waals surface area contributed by atoms with Crippen molar-refractivity contribution >= 4 is 29.3 Å². The van der Waals surface area contributed by atoms with Crippen molar-refractivity contribution in [3.05, 3.63) is 33.8 Å². The van der Waals surface area contributed by atoms with E-state index in [1.54, 1.807) is 6.07 Å². The Balaban J connectivity index is 1.94. The normalized spacial score (nSPS) is 31.9. The number of benzene rings is 1. The van der Waals surface area contributed by atoms with Gasteiger partial charge < -0.3 is 15.1 Å². The lowest BCUT2D eigenvalue weighted by atomic mass is 9.80. The van der Waals surface area contributed by atoms with E-state index in [1.165, 1.54) is 4.90 Å². The van der Waals surface area contributed by atoms with Crippen molar-refractivity contribution in [2.24, 2.45) is 5.41 Å². The maximum atomic E-state index is 11.1. The summed E-state index contributed by atoms with van der Waals surface area (Å²) in [5, 5.41) is 19.9. The van der Waals surface area contributed by atoms with Gasteiger partial charge >= 0.3 is 6.09 Å². The minimum atomic E-state index is -0.924. The zero-order valence-corrected chi connectivity index (χ0v) is 12.3. The van der Waals surface area contributed by atoms with Crippen LogP contribution in [0.1, 0.15) is 18.4 Å². The SMILES string of the molecule is O=C(O)N1CCC2(c3ccc(Cl)c(Cl)c3)CC2(CO)C1. The van der Waals surface area contributed by atoms with Crippen LogP contribution >= 0.6 is 23.2 Å². The molecule has 2 unspecified atom stereocenters. The van der Waals surface area contributed by atoms with Crippen LogP contribution in [0.4, 0.5) is 4.79 Å². The average Bonchev–Trinajstić information content (AvgIpc) is 3.11. The summed E-state index contributed by atoms with van der Waals surface area (Å²) in [5.41, 5.74) is 0.508. The molecular weight excluding hydrogens is 301 g/mol. The molecule has 6 heteroatoms. The molecule has 2 fully saturated rings. The Hall–Kier alpha value is -0.970. The van der Waals surface area contributed by atoms with Crippen molar-refractivity contribution in [1.29, 1.82) is 0 Å². The van der Waals surface area contributed by atoms with Gasteiger partial charge in [0.1, 0.15) is 0 Å². The van der Waals surface area contributed by atoms with Gasteiger partial charge in [-0.05, 0) is 30.5 Å². The first kappa shape index (κ1) is 14.0. The summed E-state index contributed by atoms with van der Waals surface area (Å²) in [7, 11) is 0. The van der Waals surface area contributed by atoms with Gasteiger partial charge in [-0.15, -0.1) is 0 Å². The number of rotatable bonds is 2. The highest BCUT2D eigenvalue weighted by molar-refractivity contribution is 6.42. The van der Waals surface area contributed by atoms with Crippen molar-refractivity contribution in [2.75, 3.05) is 19.7 Å². The summed E-state index contributed by atoms with van der Waals surface area (Å²) in [6, 6.07) is 5.54. The lowest BCUT2D eigenvalue weighted by Gasteiger charge is -2.36. The van der Waals surface area contributed by atoms with Gasteiger partial charge in [-0.3, -0.25) is 0 Å². The van der Waals surface area contributed by atoms with E-state index < -0.39 is 6.09 Å². The van der Waals surface area contributed by atoms with Gasteiger partial charge in [0.2, 0.25) is 0 Å². The fraction of sp³-hybridized carbons (Fsp3) is 0.500. The molecular formula is C14H15Cl2NO3. The third-order valence-electron chi connectivity index (χ3n) is 4.88. The van der Waals surface area contributed by atoms with Gasteiger partial charge in [-0.1, -0.05) is 29.3 Å². The largest absolute Gasteiger partial charge is 0.465 e. The van der Waals surface area contributed by atoms with Crippen molar-refractivity contribution < 1.29 is 15.0 Å². The Bertz CT molecular complexity index is 580. The Morgan fingerprint density at radius 2 is 2.10 bits per heavy atom. The number of carboxylic acid groups (broad SMARTS) is 1. The molecule has 1 aromatic carbocycles.